The van der Waals surface area contributed by atoms with Crippen LogP contribution in [0.3, 0.4) is 0 Å². The molecule has 30 aliphatic heterocycles. The molecule has 40 atom stereocenters. The van der Waals surface area contributed by atoms with Gasteiger partial charge in [0.25, 0.3) is 10.1 Å². The Balaban J connectivity index is 0.944. The zero-order chi connectivity index (χ0) is 73.0. The highest BCUT2D eigenvalue weighted by atomic mass is 32.2. The fourth-order valence-electron chi connectivity index (χ4n) is 13.7. The fourth-order valence-corrected chi connectivity index (χ4v) is 15.0. The fraction of sp³-hybridized carbons (Fsp3) is 0.895. The van der Waals surface area contributed by atoms with Crippen molar-refractivity contribution in [2.75, 3.05) is 52.9 Å². The van der Waals surface area contributed by atoms with Gasteiger partial charge in [0.2, 0.25) is 0 Å². The molecule has 16 bridgehead atoms. The van der Waals surface area contributed by atoms with E-state index in [0.717, 1.165) is 0 Å². The minimum absolute atomic E-state index is 0.223. The van der Waals surface area contributed by atoms with Gasteiger partial charge in [-0.15, -0.1) is 0 Å². The lowest BCUT2D eigenvalue weighted by Crippen LogP contribution is -2.69. The number of aryl methyl sites for hydroxylation is 3. The number of ether oxygens (including phenoxy) is 16. The van der Waals surface area contributed by atoms with E-state index in [-0.39, 0.29) is 16.0 Å². The van der Waals surface area contributed by atoms with Crippen LogP contribution in [0, 0.1) is 20.8 Å². The predicted molar refractivity (Wildman–Crippen MR) is 308 cm³/mol. The lowest BCUT2D eigenvalue weighted by atomic mass is 9.94. The first-order chi connectivity index (χ1) is 47.4. The molecule has 0 unspecified atom stereocenters. The smallest absolute Gasteiger partial charge is 0.297 e. The molecule has 0 radical (unpaired) electrons. The summed E-state index contributed by atoms with van der Waals surface area (Å²) < 4.78 is 126. The maximum atomic E-state index is 14.0. The maximum absolute atomic E-state index is 14.0. The standard InChI is InChI=1S/C57H90O42S/c1-14-4-15(2)49(16(3)5-14)100(81,82)83-13-24-48-32(72)40(80)57(91-24)98-47-23(12-64)89-55(38(78)30(47)70)96-45-21(10-62)87-53(36(76)28(45)68)94-43-19(8-60)85-51(34(74)26(43)66)92-41-17(6-58)84-50(33(73)25(41)65)93-42-18(7-59)86-52(35(75)27(42)67)95-44-20(9-61)88-54(37(77)29(44)69)97-46-22(11-63)90-56(99-48)39(79)31(46)71/h4-5,17-48,50-80H,6-13H2,1-3H3/t17-,18-,19-,20-,21-,22-,23-,24-,25-,26-,27-,28-,29-,30-,31-,32-,33-,34-,35-,36-,37-,38-,39-,40-,41-,42-,43-,44-,45-,46-,47-,48-,50-,51-,52-,53-,54-,55-,56-,57-/m1/s1. The Bertz CT molecular complexity index is 2850. The second-order valence-electron chi connectivity index (χ2n) is 25.7. The highest BCUT2D eigenvalue weighted by Crippen LogP contribution is 2.40. The van der Waals surface area contributed by atoms with Gasteiger partial charge in [-0.1, -0.05) is 17.7 Å². The molecular formula is C57H90O42S. The number of hydrogen-bond donors (Lipinski definition) is 23. The lowest BCUT2D eigenvalue weighted by molar-refractivity contribution is -0.404. The quantitative estimate of drug-likeness (QED) is 0.0915. The second-order valence-corrected chi connectivity index (χ2v) is 27.3. The van der Waals surface area contributed by atoms with E-state index in [1.807, 2.05) is 0 Å². The Morgan fingerprint density at radius 1 is 0.270 bits per heavy atom. The molecule has 0 aliphatic carbocycles. The van der Waals surface area contributed by atoms with Crippen LogP contribution in [-0.2, 0) is 90.1 Å². The van der Waals surface area contributed by atoms with Crippen molar-refractivity contribution in [3.8, 4) is 0 Å². The molecule has 0 amide bonds. The molecule has 1 aromatic rings. The molecule has 0 saturated carbocycles. The molecule has 42 nitrogen and oxygen atoms in total. The zero-order valence-electron chi connectivity index (χ0n) is 53.4. The van der Waals surface area contributed by atoms with Crippen LogP contribution in [0.25, 0.3) is 0 Å². The molecule has 23 N–H and O–H groups in total. The molecule has 576 valence electrons. The van der Waals surface area contributed by atoms with Crippen molar-refractivity contribution < 1.29 is 206 Å². The van der Waals surface area contributed by atoms with Gasteiger partial charge >= 0.3 is 0 Å². The van der Waals surface area contributed by atoms with Gasteiger partial charge in [-0.3, -0.25) is 4.18 Å². The average molecular weight is 1480 g/mol. The van der Waals surface area contributed by atoms with Crippen molar-refractivity contribution in [2.45, 2.75) is 271 Å². The van der Waals surface area contributed by atoms with Crippen molar-refractivity contribution >= 4 is 10.1 Å². The second kappa shape index (κ2) is 33.4. The Labute approximate surface area is 567 Å². The number of aliphatic hydroxyl groups excluding tert-OH is 23. The van der Waals surface area contributed by atoms with Crippen molar-refractivity contribution in [3.05, 3.63) is 28.8 Å². The first kappa shape index (κ1) is 80.1. The van der Waals surface area contributed by atoms with E-state index in [1.165, 1.54) is 26.0 Å². The van der Waals surface area contributed by atoms with Gasteiger partial charge in [-0.2, -0.15) is 8.42 Å². The van der Waals surface area contributed by atoms with Crippen molar-refractivity contribution in [2.24, 2.45) is 0 Å². The van der Waals surface area contributed by atoms with Gasteiger partial charge in [-0.25, -0.2) is 0 Å². The maximum Gasteiger partial charge on any atom is 0.297 e. The molecule has 30 fully saturated rings. The Kier molecular flexibility index (Phi) is 26.7. The Morgan fingerprint density at radius 3 is 0.600 bits per heavy atom. The van der Waals surface area contributed by atoms with Crippen LogP contribution in [0.5, 0.6) is 0 Å². The van der Waals surface area contributed by atoms with E-state index >= 15 is 0 Å². The molecule has 100 heavy (non-hydrogen) atoms. The van der Waals surface area contributed by atoms with Gasteiger partial charge in [0.15, 0.2) is 50.3 Å². The SMILES string of the molecule is Cc1cc(C)c(S(=O)(=O)OC[C@H]2O[C@@H]3O[C@H]4[C@H](O)[C@@H](O)[C@@H](O[C@H]5[C@H](O)[C@@H](O)[C@@H](O[C@H]6[C@H](O)[C@@H](O)[C@@H](O[C@H]7[C@H](O)[C@@H](O)[C@@H](O[C@H]8[C@H](O)[C@@H](O)[C@@H](O[C@H]9[C@H](O)[C@@H](O)[C@@H](O[C@H]%10[C@H](O)[C@@H](O)[C@@H](O[C@H]2[C@H](O)[C@H]3O)O[C@@H]%10CO)O[C@@H]9CO)O[C@@H]8CO)O[C@@H]7CO)O[C@@H]6CO)O[C@@H]5CO)O[C@@H]4CO)c(C)c1. The molecular weight excluding hydrogens is 1390 g/mol. The van der Waals surface area contributed by atoms with Gasteiger partial charge in [-0.05, 0) is 31.9 Å². The van der Waals surface area contributed by atoms with E-state index in [2.05, 4.69) is 0 Å². The van der Waals surface area contributed by atoms with E-state index in [0.29, 0.717) is 5.56 Å². The molecule has 30 aliphatic rings. The Morgan fingerprint density at radius 2 is 0.430 bits per heavy atom. The first-order valence-corrected chi connectivity index (χ1v) is 33.4. The van der Waals surface area contributed by atoms with E-state index < -0.39 is 309 Å². The summed E-state index contributed by atoms with van der Waals surface area (Å²) in [7, 11) is -4.82. The molecule has 0 spiro atoms. The normalized spacial score (nSPS) is 50.3. The van der Waals surface area contributed by atoms with Crippen LogP contribution in [0.15, 0.2) is 17.0 Å². The van der Waals surface area contributed by atoms with Gasteiger partial charge < -0.3 is 193 Å². The number of hydrogen-bond acceptors (Lipinski definition) is 42. The lowest BCUT2D eigenvalue weighted by Gasteiger charge is -2.50. The molecule has 31 rings (SSSR count). The zero-order valence-corrected chi connectivity index (χ0v) is 54.2. The summed E-state index contributed by atoms with van der Waals surface area (Å²) in [4.78, 5) is -0.306. The van der Waals surface area contributed by atoms with Crippen LogP contribution in [-0.4, -0.2) is 424 Å². The largest absolute Gasteiger partial charge is 0.394 e. The number of benzene rings is 1. The van der Waals surface area contributed by atoms with E-state index in [1.54, 1.807) is 6.92 Å². The summed E-state index contributed by atoms with van der Waals surface area (Å²) in [5.74, 6) is 0. The number of rotatable bonds is 11. The van der Waals surface area contributed by atoms with Crippen molar-refractivity contribution in [1.82, 2.24) is 0 Å². The summed E-state index contributed by atoms with van der Waals surface area (Å²) in [6.45, 7) is -4.38. The summed E-state index contributed by atoms with van der Waals surface area (Å²) in [5, 5.41) is 259. The molecule has 30 saturated heterocycles. The van der Waals surface area contributed by atoms with Gasteiger partial charge in [0.05, 0.1) is 57.8 Å². The highest BCUT2D eigenvalue weighted by Gasteiger charge is 2.61. The summed E-state index contributed by atoms with van der Waals surface area (Å²) in [6, 6.07) is 3.06. The minimum Gasteiger partial charge on any atom is -0.394 e. The number of aliphatic hydroxyl groups is 23. The summed E-state index contributed by atoms with van der Waals surface area (Å²) in [5.41, 5.74) is 1.12. The van der Waals surface area contributed by atoms with Crippen LogP contribution >= 0.6 is 0 Å². The summed E-state index contributed by atoms with van der Waals surface area (Å²) >= 11 is 0. The third-order valence-electron chi connectivity index (χ3n) is 19.0. The van der Waals surface area contributed by atoms with Crippen LogP contribution in [0.2, 0.25) is 0 Å². The summed E-state index contributed by atoms with van der Waals surface area (Å²) in [6.07, 6.45) is -84.9. The Hall–Kier alpha value is -2.43. The van der Waals surface area contributed by atoms with Crippen molar-refractivity contribution in [1.29, 1.82) is 0 Å². The monoisotopic (exact) mass is 1480 g/mol. The van der Waals surface area contributed by atoms with E-state index in [9.17, 15) is 126 Å². The molecule has 0 aromatic heterocycles. The van der Waals surface area contributed by atoms with Gasteiger partial charge in [0, 0.05) is 0 Å². The average Bonchev–Trinajstić information content (AvgIpc) is 0.773. The third-order valence-corrected chi connectivity index (χ3v) is 20.5. The van der Waals surface area contributed by atoms with E-state index in [4.69, 9.17) is 80.0 Å². The topological polar surface area (TPSA) is 656 Å². The first-order valence-electron chi connectivity index (χ1n) is 32.0. The highest BCUT2D eigenvalue weighted by molar-refractivity contribution is 7.86. The van der Waals surface area contributed by atoms with Crippen LogP contribution in [0.4, 0.5) is 0 Å². The predicted octanol–water partition coefficient (Wildman–Crippen LogP) is -15.1. The van der Waals surface area contributed by atoms with Crippen LogP contribution in [0.1, 0.15) is 16.7 Å². The van der Waals surface area contributed by atoms with Crippen molar-refractivity contribution in [3.63, 3.8) is 0 Å². The molecule has 1 aromatic carbocycles. The van der Waals surface area contributed by atoms with Gasteiger partial charge in [0.1, 0.15) is 195 Å². The molecule has 43 heteroatoms. The minimum atomic E-state index is -4.82. The molecule has 30 heterocycles. The third kappa shape index (κ3) is 15.9. The van der Waals surface area contributed by atoms with Crippen LogP contribution < -0.4 is 0 Å².